The molecule has 1 amide bonds. The van der Waals surface area contributed by atoms with Crippen molar-refractivity contribution in [2.75, 3.05) is 5.32 Å². The highest BCUT2D eigenvalue weighted by Crippen LogP contribution is 2.25. The van der Waals surface area contributed by atoms with Gasteiger partial charge in [0.05, 0.1) is 16.6 Å². The summed E-state index contributed by atoms with van der Waals surface area (Å²) in [4.78, 5) is 15.6. The average molecular weight is 462 g/mol. The Bertz CT molecular complexity index is 1200. The number of hydrogen-bond acceptors (Lipinski definition) is 2. The van der Waals surface area contributed by atoms with Crippen molar-refractivity contribution in [2.45, 2.75) is 25.8 Å². The number of carbonyl (C=O) groups excluding carboxylic acids is 1. The zero-order valence-corrected chi connectivity index (χ0v) is 18.2. The third kappa shape index (κ3) is 4.81. The molecule has 4 aromatic rings. The summed E-state index contributed by atoms with van der Waals surface area (Å²) in [6.07, 6.45) is 5.61. The van der Waals surface area contributed by atoms with Crippen LogP contribution in [0.4, 0.5) is 5.82 Å². The van der Waals surface area contributed by atoms with Crippen LogP contribution in [0.25, 0.3) is 10.9 Å². The number of amides is 1. The number of anilines is 1. The van der Waals surface area contributed by atoms with Gasteiger partial charge in [-0.05, 0) is 42.2 Å². The van der Waals surface area contributed by atoms with Crippen LogP contribution in [0.2, 0.25) is 15.1 Å². The highest BCUT2D eigenvalue weighted by atomic mass is 35.5. The quantitative estimate of drug-likeness (QED) is 0.337. The van der Waals surface area contributed by atoms with Crippen molar-refractivity contribution < 1.29 is 4.79 Å². The van der Waals surface area contributed by atoms with Crippen LogP contribution in [0, 0.1) is 0 Å². The molecule has 8 heteroatoms. The minimum atomic E-state index is -0.114. The first kappa shape index (κ1) is 20.8. The number of rotatable bonds is 7. The maximum absolute atomic E-state index is 12.3. The van der Waals surface area contributed by atoms with E-state index in [4.69, 9.17) is 34.8 Å². The summed E-state index contributed by atoms with van der Waals surface area (Å²) in [5.41, 5.74) is 3.25. The van der Waals surface area contributed by atoms with Gasteiger partial charge in [0.1, 0.15) is 5.02 Å². The number of aryl methyl sites for hydroxylation is 1. The number of carbonyl (C=O) groups is 1. The van der Waals surface area contributed by atoms with Crippen LogP contribution in [-0.2, 0) is 17.8 Å². The van der Waals surface area contributed by atoms with E-state index in [0.717, 1.165) is 23.9 Å². The number of aromatic amines is 1. The Kier molecular flexibility index (Phi) is 6.32. The van der Waals surface area contributed by atoms with Crippen molar-refractivity contribution >= 4 is 57.4 Å². The van der Waals surface area contributed by atoms with Gasteiger partial charge in [-0.2, -0.15) is 5.10 Å². The van der Waals surface area contributed by atoms with Crippen molar-refractivity contribution in [2.24, 2.45) is 0 Å². The molecule has 2 heterocycles. The highest BCUT2D eigenvalue weighted by Gasteiger charge is 2.12. The summed E-state index contributed by atoms with van der Waals surface area (Å²) < 4.78 is 1.66. The molecule has 0 aliphatic carbocycles. The molecule has 5 nitrogen and oxygen atoms in total. The first-order valence-corrected chi connectivity index (χ1v) is 10.6. The minimum Gasteiger partial charge on any atom is -0.361 e. The summed E-state index contributed by atoms with van der Waals surface area (Å²) >= 11 is 18.2. The van der Waals surface area contributed by atoms with Crippen LogP contribution in [0.1, 0.15) is 24.0 Å². The van der Waals surface area contributed by atoms with Crippen LogP contribution in [-0.4, -0.2) is 20.7 Å². The van der Waals surface area contributed by atoms with E-state index in [1.54, 1.807) is 23.0 Å². The average Bonchev–Trinajstić information content (AvgIpc) is 3.28. The number of benzene rings is 2. The van der Waals surface area contributed by atoms with Crippen LogP contribution in [0.15, 0.2) is 54.9 Å². The second-order valence-corrected chi connectivity index (χ2v) is 8.25. The molecule has 0 unspecified atom stereocenters. The topological polar surface area (TPSA) is 62.7 Å². The summed E-state index contributed by atoms with van der Waals surface area (Å²) in [5.74, 6) is 0.241. The predicted molar refractivity (Wildman–Crippen MR) is 123 cm³/mol. The van der Waals surface area contributed by atoms with Crippen LogP contribution in [0.5, 0.6) is 0 Å². The maximum atomic E-state index is 12.3. The van der Waals surface area contributed by atoms with Crippen LogP contribution in [0.3, 0.4) is 0 Å². The molecule has 30 heavy (non-hydrogen) atoms. The van der Waals surface area contributed by atoms with Gasteiger partial charge in [0.25, 0.3) is 0 Å². The van der Waals surface area contributed by atoms with E-state index in [0.29, 0.717) is 33.9 Å². The molecule has 0 aliphatic heterocycles. The number of para-hydroxylation sites is 1. The number of nitrogens with zero attached hydrogens (tertiary/aromatic N) is 2. The SMILES string of the molecule is O=C(CCCc1c[nH]c2ccccc12)Nc1nn(Cc2ccc(Cl)c(Cl)c2)cc1Cl. The normalized spacial score (nSPS) is 11.2. The molecule has 2 aromatic heterocycles. The molecule has 0 fully saturated rings. The van der Waals surface area contributed by atoms with Gasteiger partial charge in [-0.3, -0.25) is 9.48 Å². The fourth-order valence-corrected chi connectivity index (χ4v) is 3.88. The second kappa shape index (κ2) is 9.13. The largest absolute Gasteiger partial charge is 0.361 e. The Hall–Kier alpha value is -2.47. The lowest BCUT2D eigenvalue weighted by molar-refractivity contribution is -0.116. The Morgan fingerprint density at radius 1 is 1.07 bits per heavy atom. The fourth-order valence-electron chi connectivity index (χ4n) is 3.36. The van der Waals surface area contributed by atoms with Gasteiger partial charge >= 0.3 is 0 Å². The number of halogens is 3. The van der Waals surface area contributed by atoms with E-state index < -0.39 is 0 Å². The van der Waals surface area contributed by atoms with E-state index in [1.165, 1.54) is 10.9 Å². The summed E-state index contributed by atoms with van der Waals surface area (Å²) in [6, 6.07) is 13.5. The third-order valence-corrected chi connectivity index (χ3v) is 5.84. The molecule has 0 spiro atoms. The zero-order valence-electron chi connectivity index (χ0n) is 16.0. The lowest BCUT2D eigenvalue weighted by atomic mass is 10.1. The van der Waals surface area contributed by atoms with Crippen molar-refractivity contribution in [3.8, 4) is 0 Å². The Morgan fingerprint density at radius 2 is 1.90 bits per heavy atom. The first-order valence-electron chi connectivity index (χ1n) is 9.51. The van der Waals surface area contributed by atoms with E-state index >= 15 is 0 Å². The number of aromatic nitrogens is 3. The Balaban J connectivity index is 1.32. The predicted octanol–water partition coefficient (Wildman–Crippen LogP) is 6.33. The van der Waals surface area contributed by atoms with Crippen molar-refractivity contribution in [1.29, 1.82) is 0 Å². The van der Waals surface area contributed by atoms with Crippen LogP contribution < -0.4 is 5.32 Å². The highest BCUT2D eigenvalue weighted by molar-refractivity contribution is 6.42. The van der Waals surface area contributed by atoms with Gasteiger partial charge in [-0.15, -0.1) is 0 Å². The van der Waals surface area contributed by atoms with Crippen molar-refractivity contribution in [1.82, 2.24) is 14.8 Å². The number of hydrogen-bond donors (Lipinski definition) is 2. The van der Waals surface area contributed by atoms with E-state index in [1.807, 2.05) is 30.5 Å². The van der Waals surface area contributed by atoms with Gasteiger partial charge in [0, 0.05) is 29.7 Å². The van der Waals surface area contributed by atoms with E-state index in [2.05, 4.69) is 21.5 Å². The number of H-pyrrole nitrogens is 1. The maximum Gasteiger partial charge on any atom is 0.225 e. The van der Waals surface area contributed by atoms with Gasteiger partial charge in [0.2, 0.25) is 5.91 Å². The van der Waals surface area contributed by atoms with Crippen LogP contribution >= 0.6 is 34.8 Å². The number of nitrogens with one attached hydrogen (secondary N) is 2. The molecule has 0 saturated carbocycles. The molecule has 154 valence electrons. The van der Waals surface area contributed by atoms with Crippen molar-refractivity contribution in [3.05, 3.63) is 81.1 Å². The molecular weight excluding hydrogens is 443 g/mol. The molecule has 4 rings (SSSR count). The van der Waals surface area contributed by atoms with Gasteiger partial charge < -0.3 is 10.3 Å². The molecule has 0 atom stereocenters. The fraction of sp³-hybridized carbons (Fsp3) is 0.182. The number of fused-ring (bicyclic) bond motifs is 1. The van der Waals surface area contributed by atoms with Crippen molar-refractivity contribution in [3.63, 3.8) is 0 Å². The molecule has 0 bridgehead atoms. The lowest BCUT2D eigenvalue weighted by Gasteiger charge is -2.04. The molecular formula is C22H19Cl3N4O. The molecule has 0 aliphatic rings. The zero-order chi connectivity index (χ0) is 21.1. The van der Waals surface area contributed by atoms with Gasteiger partial charge in [0.15, 0.2) is 5.82 Å². The van der Waals surface area contributed by atoms with Gasteiger partial charge in [-0.1, -0.05) is 59.1 Å². The molecule has 2 N–H and O–H groups in total. The standard InChI is InChI=1S/C22H19Cl3N4O/c23-17-9-8-14(10-18(17)24)12-29-13-19(25)22(28-29)27-21(30)7-3-4-15-11-26-20-6-2-1-5-16(15)20/h1-2,5-6,8-11,13,26H,3-4,7,12H2,(H,27,28,30). The van der Waals surface area contributed by atoms with E-state index in [9.17, 15) is 4.79 Å². The van der Waals surface area contributed by atoms with E-state index in [-0.39, 0.29) is 5.91 Å². The monoisotopic (exact) mass is 460 g/mol. The summed E-state index contributed by atoms with van der Waals surface area (Å²) in [5, 5.41) is 9.73. The smallest absolute Gasteiger partial charge is 0.225 e. The molecule has 2 aromatic carbocycles. The summed E-state index contributed by atoms with van der Waals surface area (Å²) in [6.45, 7) is 0.465. The minimum absolute atomic E-state index is 0.114. The third-order valence-electron chi connectivity index (χ3n) is 4.83. The Labute approximate surface area is 188 Å². The van der Waals surface area contributed by atoms with Gasteiger partial charge in [-0.25, -0.2) is 0 Å². The first-order chi connectivity index (χ1) is 14.5. The lowest BCUT2D eigenvalue weighted by Crippen LogP contribution is -2.13. The second-order valence-electron chi connectivity index (χ2n) is 7.03. The molecule has 0 saturated heterocycles. The molecule has 0 radical (unpaired) electrons. The summed E-state index contributed by atoms with van der Waals surface area (Å²) in [7, 11) is 0. The Morgan fingerprint density at radius 3 is 2.73 bits per heavy atom.